The molecule has 0 unspecified atom stereocenters. The summed E-state index contributed by atoms with van der Waals surface area (Å²) in [5.74, 6) is 1.09. The molecule has 0 radical (unpaired) electrons. The van der Waals surface area contributed by atoms with Gasteiger partial charge in [0.25, 0.3) is 0 Å². The van der Waals surface area contributed by atoms with E-state index >= 15 is 0 Å². The van der Waals surface area contributed by atoms with Crippen LogP contribution in [0, 0.1) is 11.3 Å². The van der Waals surface area contributed by atoms with Gasteiger partial charge in [0, 0.05) is 6.54 Å². The largest absolute Gasteiger partial charge is 0.242 e. The Kier molecular flexibility index (Phi) is 7.38. The summed E-state index contributed by atoms with van der Waals surface area (Å²) in [5.41, 5.74) is 0.273. The second-order valence-electron chi connectivity index (χ2n) is 4.21. The van der Waals surface area contributed by atoms with Crippen molar-refractivity contribution in [3.05, 3.63) is 28.8 Å². The van der Waals surface area contributed by atoms with E-state index in [1.807, 2.05) is 12.3 Å². The highest BCUT2D eigenvalue weighted by Crippen LogP contribution is 2.22. The predicted octanol–water partition coefficient (Wildman–Crippen LogP) is 3.02. The average Bonchev–Trinajstić information content (AvgIpc) is 2.43. The molecule has 0 spiro atoms. The highest BCUT2D eigenvalue weighted by atomic mass is 35.5. The fourth-order valence-corrected chi connectivity index (χ4v) is 3.70. The number of nitrogens with zero attached hydrogens (tertiary/aromatic N) is 1. The molecule has 110 valence electrons. The molecule has 1 aromatic rings. The Morgan fingerprint density at radius 1 is 1.35 bits per heavy atom. The van der Waals surface area contributed by atoms with E-state index in [2.05, 4.69) is 4.72 Å². The molecule has 1 N–H and O–H groups in total. The lowest BCUT2D eigenvalue weighted by Crippen LogP contribution is -2.25. The molecule has 0 fully saturated rings. The third-order valence-electron chi connectivity index (χ3n) is 2.67. The number of unbranched alkanes of at least 4 members (excludes halogenated alkanes) is 2. The normalized spacial score (nSPS) is 11.2. The fourth-order valence-electron chi connectivity index (χ4n) is 1.61. The molecule has 0 aliphatic heterocycles. The van der Waals surface area contributed by atoms with Crippen LogP contribution in [0.2, 0.25) is 5.02 Å². The topological polar surface area (TPSA) is 70.0 Å². The summed E-state index contributed by atoms with van der Waals surface area (Å²) in [6.07, 6.45) is 4.89. The minimum absolute atomic E-state index is 0.0395. The molecule has 0 aromatic heterocycles. The van der Waals surface area contributed by atoms with Crippen molar-refractivity contribution in [2.24, 2.45) is 0 Å². The van der Waals surface area contributed by atoms with Gasteiger partial charge in [-0.05, 0) is 43.0 Å². The molecule has 0 aliphatic carbocycles. The van der Waals surface area contributed by atoms with Crippen LogP contribution in [0.5, 0.6) is 0 Å². The molecule has 4 nitrogen and oxygen atoms in total. The lowest BCUT2D eigenvalue weighted by Gasteiger charge is -2.08. The van der Waals surface area contributed by atoms with Crippen LogP contribution in [-0.2, 0) is 10.0 Å². The van der Waals surface area contributed by atoms with Crippen LogP contribution in [0.3, 0.4) is 0 Å². The quantitative estimate of drug-likeness (QED) is 0.743. The standard InChI is InChI=1S/C13H17ClN2O2S2/c1-19-8-4-2-3-7-16-20(17,18)13-9-11(10-15)5-6-12(13)14/h5-6,9,16H,2-4,7-8H2,1H3. The molecular formula is C13H17ClN2O2S2. The Labute approximate surface area is 129 Å². The molecule has 0 saturated heterocycles. The van der Waals surface area contributed by atoms with Gasteiger partial charge in [0.1, 0.15) is 4.90 Å². The van der Waals surface area contributed by atoms with E-state index in [9.17, 15) is 8.42 Å². The van der Waals surface area contributed by atoms with E-state index in [1.165, 1.54) is 18.2 Å². The van der Waals surface area contributed by atoms with Gasteiger partial charge in [-0.1, -0.05) is 18.0 Å². The number of hydrogen-bond acceptors (Lipinski definition) is 4. The highest BCUT2D eigenvalue weighted by molar-refractivity contribution is 7.98. The van der Waals surface area contributed by atoms with Crippen molar-refractivity contribution >= 4 is 33.4 Å². The zero-order valence-corrected chi connectivity index (χ0v) is 13.6. The van der Waals surface area contributed by atoms with E-state index in [0.717, 1.165) is 25.0 Å². The summed E-state index contributed by atoms with van der Waals surface area (Å²) in [6.45, 7) is 0.379. The van der Waals surface area contributed by atoms with Crippen molar-refractivity contribution in [1.29, 1.82) is 5.26 Å². The van der Waals surface area contributed by atoms with Crippen LogP contribution < -0.4 is 4.72 Å². The van der Waals surface area contributed by atoms with Crippen molar-refractivity contribution in [2.75, 3.05) is 18.6 Å². The minimum atomic E-state index is -3.65. The molecule has 20 heavy (non-hydrogen) atoms. The van der Waals surface area contributed by atoms with E-state index in [-0.39, 0.29) is 15.5 Å². The van der Waals surface area contributed by atoms with E-state index in [1.54, 1.807) is 11.8 Å². The van der Waals surface area contributed by atoms with Gasteiger partial charge in [-0.2, -0.15) is 17.0 Å². The Morgan fingerprint density at radius 2 is 2.10 bits per heavy atom. The lowest BCUT2D eigenvalue weighted by molar-refractivity contribution is 0.576. The first kappa shape index (κ1) is 17.3. The number of thioether (sulfide) groups is 1. The van der Waals surface area contributed by atoms with Gasteiger partial charge in [-0.25, -0.2) is 13.1 Å². The third-order valence-corrected chi connectivity index (χ3v) is 5.31. The number of benzene rings is 1. The number of nitrogens with one attached hydrogen (secondary N) is 1. The lowest BCUT2D eigenvalue weighted by atomic mass is 10.2. The SMILES string of the molecule is CSCCCCCNS(=O)(=O)c1cc(C#N)ccc1Cl. The van der Waals surface area contributed by atoms with Crippen LogP contribution >= 0.6 is 23.4 Å². The van der Waals surface area contributed by atoms with Gasteiger partial charge in [0.15, 0.2) is 0 Å². The van der Waals surface area contributed by atoms with Crippen LogP contribution in [0.4, 0.5) is 0 Å². The van der Waals surface area contributed by atoms with Gasteiger partial charge < -0.3 is 0 Å². The minimum Gasteiger partial charge on any atom is -0.211 e. The number of hydrogen-bond donors (Lipinski definition) is 1. The van der Waals surface area contributed by atoms with E-state index in [4.69, 9.17) is 16.9 Å². The Hall–Kier alpha value is -0.740. The summed E-state index contributed by atoms with van der Waals surface area (Å²) < 4.78 is 26.7. The van der Waals surface area contributed by atoms with Gasteiger partial charge >= 0.3 is 0 Å². The van der Waals surface area contributed by atoms with Crippen molar-refractivity contribution in [2.45, 2.75) is 24.2 Å². The Morgan fingerprint density at radius 3 is 2.75 bits per heavy atom. The summed E-state index contributed by atoms with van der Waals surface area (Å²) in [4.78, 5) is -0.0395. The maximum atomic E-state index is 12.1. The highest BCUT2D eigenvalue weighted by Gasteiger charge is 2.17. The van der Waals surface area contributed by atoms with Gasteiger partial charge in [0.05, 0.1) is 16.7 Å². The number of nitriles is 1. The van der Waals surface area contributed by atoms with Crippen molar-refractivity contribution in [3.8, 4) is 6.07 Å². The average molecular weight is 333 g/mol. The summed E-state index contributed by atoms with van der Waals surface area (Å²) in [6, 6.07) is 6.11. The maximum Gasteiger partial charge on any atom is 0.242 e. The zero-order chi connectivity index (χ0) is 15.0. The van der Waals surface area contributed by atoms with Crippen LogP contribution in [0.15, 0.2) is 23.1 Å². The summed E-state index contributed by atoms with van der Waals surface area (Å²) >= 11 is 7.67. The molecule has 0 atom stereocenters. The van der Waals surface area contributed by atoms with E-state index in [0.29, 0.717) is 6.54 Å². The monoisotopic (exact) mass is 332 g/mol. The van der Waals surface area contributed by atoms with Gasteiger partial charge in [-0.3, -0.25) is 0 Å². The van der Waals surface area contributed by atoms with E-state index < -0.39 is 10.0 Å². The first-order valence-corrected chi connectivity index (χ1v) is 9.45. The maximum absolute atomic E-state index is 12.1. The third kappa shape index (κ3) is 5.33. The molecule has 1 rings (SSSR count). The second-order valence-corrected chi connectivity index (χ2v) is 7.34. The fraction of sp³-hybridized carbons (Fsp3) is 0.462. The summed E-state index contributed by atoms with van der Waals surface area (Å²) in [7, 11) is -3.65. The molecule has 0 heterocycles. The van der Waals surface area contributed by atoms with Gasteiger partial charge in [-0.15, -0.1) is 0 Å². The Balaban J connectivity index is 2.63. The molecular weight excluding hydrogens is 316 g/mol. The molecule has 1 aromatic carbocycles. The second kappa shape index (κ2) is 8.53. The first-order chi connectivity index (χ1) is 9.51. The van der Waals surface area contributed by atoms with Crippen LogP contribution in [-0.4, -0.2) is 27.0 Å². The molecule has 7 heteroatoms. The van der Waals surface area contributed by atoms with Crippen LogP contribution in [0.1, 0.15) is 24.8 Å². The van der Waals surface area contributed by atoms with Crippen molar-refractivity contribution in [3.63, 3.8) is 0 Å². The number of halogens is 1. The smallest absolute Gasteiger partial charge is 0.211 e. The summed E-state index contributed by atoms with van der Waals surface area (Å²) in [5, 5.41) is 8.93. The number of rotatable bonds is 8. The van der Waals surface area contributed by atoms with Gasteiger partial charge in [0.2, 0.25) is 10.0 Å². The Bertz CT molecular complexity index is 583. The van der Waals surface area contributed by atoms with Crippen molar-refractivity contribution < 1.29 is 8.42 Å². The zero-order valence-electron chi connectivity index (χ0n) is 11.2. The molecule has 0 saturated carbocycles. The van der Waals surface area contributed by atoms with Crippen LogP contribution in [0.25, 0.3) is 0 Å². The molecule has 0 amide bonds. The number of sulfonamides is 1. The predicted molar refractivity (Wildman–Crippen MR) is 83.6 cm³/mol. The molecule has 0 bridgehead atoms. The first-order valence-electron chi connectivity index (χ1n) is 6.19. The van der Waals surface area contributed by atoms with Crippen molar-refractivity contribution in [1.82, 2.24) is 4.72 Å². The molecule has 0 aliphatic rings.